The van der Waals surface area contributed by atoms with Crippen LogP contribution in [0.3, 0.4) is 0 Å². The Bertz CT molecular complexity index is 432. The first kappa shape index (κ1) is 14.9. The number of hydrogen-bond donors (Lipinski definition) is 1. The third-order valence-electron chi connectivity index (χ3n) is 1.81. The van der Waals surface area contributed by atoms with Gasteiger partial charge in [-0.3, -0.25) is 4.72 Å². The van der Waals surface area contributed by atoms with Crippen LogP contribution in [-0.2, 0) is 19.5 Å². The van der Waals surface area contributed by atoms with Gasteiger partial charge in [-0.2, -0.15) is 0 Å². The lowest BCUT2D eigenvalue weighted by Gasteiger charge is -2.07. The van der Waals surface area contributed by atoms with E-state index in [1.54, 1.807) is 12.5 Å². The van der Waals surface area contributed by atoms with Crippen LogP contribution in [0.15, 0.2) is 15.2 Å². The molecule has 0 aliphatic rings. The fourth-order valence-corrected chi connectivity index (χ4v) is 3.46. The number of halogens is 1. The van der Waals surface area contributed by atoms with Crippen LogP contribution in [-0.4, -0.2) is 41.1 Å². The second-order valence-electron chi connectivity index (χ2n) is 3.16. The van der Waals surface area contributed by atoms with Crippen LogP contribution in [0.25, 0.3) is 0 Å². The minimum atomic E-state index is -3.35. The second-order valence-corrected chi connectivity index (χ2v) is 6.60. The maximum absolute atomic E-state index is 11.6. The minimum Gasteiger partial charge on any atom is -0.382 e. The Hall–Kier alpha value is -0.150. The van der Waals surface area contributed by atoms with Crippen molar-refractivity contribution in [2.24, 2.45) is 0 Å². The molecule has 0 aromatic carbocycles. The predicted octanol–water partition coefficient (Wildman–Crippen LogP) is 1.92. The summed E-state index contributed by atoms with van der Waals surface area (Å²) in [7, 11) is -1.79. The maximum Gasteiger partial charge on any atom is 0.235 e. The number of hydrogen-bond acceptors (Lipinski definition) is 5. The van der Waals surface area contributed by atoms with Gasteiger partial charge in [0, 0.05) is 17.9 Å². The zero-order valence-electron chi connectivity index (χ0n) is 9.31. The first-order chi connectivity index (χ1) is 8.05. The van der Waals surface area contributed by atoms with Gasteiger partial charge >= 0.3 is 0 Å². The molecule has 0 fully saturated rings. The first-order valence-electron chi connectivity index (χ1n) is 4.84. The van der Waals surface area contributed by atoms with Crippen LogP contribution in [0.4, 0.5) is 5.69 Å². The van der Waals surface area contributed by atoms with Crippen molar-refractivity contribution in [2.45, 2.75) is 0 Å². The lowest BCUT2D eigenvalue weighted by molar-refractivity contribution is 0.0785. The molecule has 0 spiro atoms. The molecule has 0 unspecified atom stereocenters. The number of methoxy groups -OCH3 is 1. The van der Waals surface area contributed by atoms with Crippen LogP contribution in [0.5, 0.6) is 0 Å². The lowest BCUT2D eigenvalue weighted by atomic mass is 10.6. The van der Waals surface area contributed by atoms with Crippen LogP contribution >= 0.6 is 27.3 Å². The molecular formula is C9H14BrNO4S2. The Morgan fingerprint density at radius 1 is 1.35 bits per heavy atom. The van der Waals surface area contributed by atoms with Gasteiger partial charge in [0.15, 0.2) is 0 Å². The van der Waals surface area contributed by atoms with Gasteiger partial charge in [-0.15, -0.1) is 11.3 Å². The third-order valence-corrected chi connectivity index (χ3v) is 4.75. The van der Waals surface area contributed by atoms with E-state index in [-0.39, 0.29) is 12.4 Å². The maximum atomic E-state index is 11.6. The number of thiophene rings is 1. The molecular weight excluding hydrogens is 330 g/mol. The summed E-state index contributed by atoms with van der Waals surface area (Å²) in [6.45, 7) is 1.01. The highest BCUT2D eigenvalue weighted by Gasteiger charge is 2.12. The summed E-state index contributed by atoms with van der Waals surface area (Å²) in [5, 5.41) is 3.54. The van der Waals surface area contributed by atoms with Crippen molar-refractivity contribution < 1.29 is 17.9 Å². The Labute approximate surface area is 113 Å². The fourth-order valence-electron chi connectivity index (χ4n) is 0.986. The van der Waals surface area contributed by atoms with Crippen molar-refractivity contribution in [3.8, 4) is 0 Å². The topological polar surface area (TPSA) is 64.6 Å². The zero-order valence-corrected chi connectivity index (χ0v) is 12.5. The standard InChI is InChI=1S/C9H14BrNO4S2/c1-14-2-3-15-4-5-17(12,13)11-9-7-16-6-8(9)10/h6-7,11H,2-5H2,1H3. The summed E-state index contributed by atoms with van der Waals surface area (Å²) in [5.74, 6) is -0.0704. The molecule has 0 amide bonds. The molecule has 0 aliphatic heterocycles. The molecule has 1 N–H and O–H groups in total. The van der Waals surface area contributed by atoms with E-state index in [1.165, 1.54) is 11.3 Å². The molecule has 5 nitrogen and oxygen atoms in total. The van der Waals surface area contributed by atoms with Gasteiger partial charge in [0.2, 0.25) is 10.0 Å². The van der Waals surface area contributed by atoms with Gasteiger partial charge in [-0.25, -0.2) is 8.42 Å². The zero-order chi connectivity index (χ0) is 12.7. The summed E-state index contributed by atoms with van der Waals surface area (Å²) in [6.07, 6.45) is 0. The number of ether oxygens (including phenoxy) is 2. The third kappa shape index (κ3) is 5.82. The Balaban J connectivity index is 2.34. The van der Waals surface area contributed by atoms with Crippen molar-refractivity contribution in [1.82, 2.24) is 0 Å². The van der Waals surface area contributed by atoms with Gasteiger partial charge in [-0.1, -0.05) is 0 Å². The largest absolute Gasteiger partial charge is 0.382 e. The van der Waals surface area contributed by atoms with Gasteiger partial charge < -0.3 is 9.47 Å². The molecule has 98 valence electrons. The molecule has 0 aliphatic carbocycles. The van der Waals surface area contributed by atoms with Crippen molar-refractivity contribution in [1.29, 1.82) is 0 Å². The van der Waals surface area contributed by atoms with E-state index in [2.05, 4.69) is 20.7 Å². The summed E-state index contributed by atoms with van der Waals surface area (Å²) < 4.78 is 36.4. The van der Waals surface area contributed by atoms with Gasteiger partial charge in [-0.05, 0) is 15.9 Å². The highest BCUT2D eigenvalue weighted by Crippen LogP contribution is 2.27. The monoisotopic (exact) mass is 343 g/mol. The fraction of sp³-hybridized carbons (Fsp3) is 0.556. The average molecular weight is 344 g/mol. The highest BCUT2D eigenvalue weighted by atomic mass is 79.9. The van der Waals surface area contributed by atoms with Crippen molar-refractivity contribution in [3.05, 3.63) is 15.2 Å². The molecule has 0 saturated heterocycles. The molecule has 8 heteroatoms. The van der Waals surface area contributed by atoms with Crippen LogP contribution in [0, 0.1) is 0 Å². The first-order valence-corrected chi connectivity index (χ1v) is 8.23. The molecule has 0 bridgehead atoms. The van der Waals surface area contributed by atoms with E-state index in [1.807, 2.05) is 5.38 Å². The summed E-state index contributed by atoms with van der Waals surface area (Å²) in [5.41, 5.74) is 0.562. The second kappa shape index (κ2) is 7.32. The van der Waals surface area contributed by atoms with Crippen molar-refractivity contribution in [2.75, 3.05) is 37.4 Å². The van der Waals surface area contributed by atoms with E-state index in [9.17, 15) is 8.42 Å². The van der Waals surface area contributed by atoms with Crippen molar-refractivity contribution in [3.63, 3.8) is 0 Å². The Kier molecular flexibility index (Phi) is 6.42. The highest BCUT2D eigenvalue weighted by molar-refractivity contribution is 9.10. The van der Waals surface area contributed by atoms with Crippen LogP contribution in [0.2, 0.25) is 0 Å². The molecule has 1 heterocycles. The van der Waals surface area contributed by atoms with E-state index in [0.29, 0.717) is 18.9 Å². The molecule has 0 saturated carbocycles. The van der Waals surface area contributed by atoms with E-state index >= 15 is 0 Å². The SMILES string of the molecule is COCCOCCS(=O)(=O)Nc1cscc1Br. The number of rotatable bonds is 8. The molecule has 1 aromatic heterocycles. The number of sulfonamides is 1. The van der Waals surface area contributed by atoms with Crippen molar-refractivity contribution >= 4 is 43.0 Å². The summed E-state index contributed by atoms with van der Waals surface area (Å²) in [4.78, 5) is 0. The molecule has 17 heavy (non-hydrogen) atoms. The quantitative estimate of drug-likeness (QED) is 0.732. The van der Waals surface area contributed by atoms with Gasteiger partial charge in [0.05, 0.1) is 35.7 Å². The average Bonchev–Trinajstić information content (AvgIpc) is 2.63. The molecule has 0 radical (unpaired) electrons. The Morgan fingerprint density at radius 2 is 2.12 bits per heavy atom. The van der Waals surface area contributed by atoms with Crippen LogP contribution < -0.4 is 4.72 Å². The Morgan fingerprint density at radius 3 is 2.71 bits per heavy atom. The number of anilines is 1. The smallest absolute Gasteiger partial charge is 0.235 e. The van der Waals surface area contributed by atoms with Crippen LogP contribution in [0.1, 0.15) is 0 Å². The van der Waals surface area contributed by atoms with E-state index < -0.39 is 10.0 Å². The van der Waals surface area contributed by atoms with Gasteiger partial charge in [0.25, 0.3) is 0 Å². The van der Waals surface area contributed by atoms with E-state index in [0.717, 1.165) is 4.47 Å². The predicted molar refractivity (Wildman–Crippen MR) is 72.1 cm³/mol. The van der Waals surface area contributed by atoms with Gasteiger partial charge in [0.1, 0.15) is 0 Å². The van der Waals surface area contributed by atoms with E-state index in [4.69, 9.17) is 9.47 Å². The minimum absolute atomic E-state index is 0.0704. The molecule has 1 rings (SSSR count). The normalized spacial score (nSPS) is 11.6. The summed E-state index contributed by atoms with van der Waals surface area (Å²) >= 11 is 4.68. The number of nitrogens with one attached hydrogen (secondary N) is 1. The lowest BCUT2D eigenvalue weighted by Crippen LogP contribution is -2.20. The molecule has 1 aromatic rings. The summed E-state index contributed by atoms with van der Waals surface area (Å²) in [6, 6.07) is 0. The molecule has 0 atom stereocenters.